The molecule has 0 fully saturated rings. The van der Waals surface area contributed by atoms with Crippen molar-refractivity contribution in [3.05, 3.63) is 77.5 Å². The van der Waals surface area contributed by atoms with Gasteiger partial charge in [0.1, 0.15) is 6.61 Å². The third kappa shape index (κ3) is 5.85. The van der Waals surface area contributed by atoms with E-state index in [0.29, 0.717) is 26.4 Å². The van der Waals surface area contributed by atoms with Gasteiger partial charge in [0.25, 0.3) is 5.91 Å². The molecule has 0 spiro atoms. The number of nitrogens with zero attached hydrogens (tertiary/aromatic N) is 1. The molecule has 3 rings (SSSR count). The summed E-state index contributed by atoms with van der Waals surface area (Å²) in [6, 6.07) is 12.5. The molecule has 1 N–H and O–H groups in total. The first-order valence-corrected chi connectivity index (χ1v) is 11.0. The first-order valence-electron chi connectivity index (χ1n) is 8.29. The number of ether oxygens (including phenoxy) is 2. The SMILES string of the molecule is COc1cc(/C=N\NC(=O)c2cccs2)cc(I)c1OCc1ccc(Cl)cc1Cl. The number of benzene rings is 2. The quantitative estimate of drug-likeness (QED) is 0.219. The molecular formula is C20H15Cl2IN2O3S. The molecule has 1 aromatic heterocycles. The summed E-state index contributed by atoms with van der Waals surface area (Å²) in [4.78, 5) is 12.5. The maximum Gasteiger partial charge on any atom is 0.281 e. The fourth-order valence-corrected chi connectivity index (χ4v) is 4.23. The van der Waals surface area contributed by atoms with E-state index in [0.717, 1.165) is 14.7 Å². The molecule has 2 aromatic carbocycles. The highest BCUT2D eigenvalue weighted by molar-refractivity contribution is 14.1. The number of thiophene rings is 1. The lowest BCUT2D eigenvalue weighted by Crippen LogP contribution is -2.16. The van der Waals surface area contributed by atoms with Crippen molar-refractivity contribution in [3.63, 3.8) is 0 Å². The zero-order chi connectivity index (χ0) is 20.8. The second-order valence-electron chi connectivity index (χ2n) is 5.73. The molecule has 29 heavy (non-hydrogen) atoms. The van der Waals surface area contributed by atoms with Crippen LogP contribution in [0.5, 0.6) is 11.5 Å². The van der Waals surface area contributed by atoms with E-state index in [4.69, 9.17) is 32.7 Å². The van der Waals surface area contributed by atoms with Crippen molar-refractivity contribution in [2.45, 2.75) is 6.61 Å². The summed E-state index contributed by atoms with van der Waals surface area (Å²) < 4.78 is 12.2. The highest BCUT2D eigenvalue weighted by atomic mass is 127. The van der Waals surface area contributed by atoms with Crippen molar-refractivity contribution in [1.82, 2.24) is 5.43 Å². The third-order valence-corrected chi connectivity index (χ3v) is 6.02. The van der Waals surface area contributed by atoms with Crippen LogP contribution in [0, 0.1) is 3.57 Å². The topological polar surface area (TPSA) is 59.9 Å². The van der Waals surface area contributed by atoms with Gasteiger partial charge < -0.3 is 9.47 Å². The molecule has 5 nitrogen and oxygen atoms in total. The van der Waals surface area contributed by atoms with Crippen LogP contribution in [0.25, 0.3) is 0 Å². The monoisotopic (exact) mass is 560 g/mol. The highest BCUT2D eigenvalue weighted by Gasteiger charge is 2.13. The second kappa shape index (κ2) is 10.3. The molecule has 0 aliphatic rings. The lowest BCUT2D eigenvalue weighted by atomic mass is 10.2. The summed E-state index contributed by atoms with van der Waals surface area (Å²) in [7, 11) is 1.56. The number of amides is 1. The largest absolute Gasteiger partial charge is 0.493 e. The van der Waals surface area contributed by atoms with Crippen molar-refractivity contribution < 1.29 is 14.3 Å². The van der Waals surface area contributed by atoms with Crippen LogP contribution in [0.15, 0.2) is 52.9 Å². The number of carbonyl (C=O) groups excluding carboxylic acids is 1. The molecule has 0 unspecified atom stereocenters. The number of hydrogen-bond donors (Lipinski definition) is 1. The Morgan fingerprint density at radius 3 is 2.79 bits per heavy atom. The standard InChI is InChI=1S/C20H15Cl2IN2O3S/c1-27-17-8-12(10-24-25-20(26)18-3-2-6-29-18)7-16(23)19(17)28-11-13-4-5-14(21)9-15(13)22/h2-10H,11H2,1H3,(H,25,26)/b24-10-. The van der Waals surface area contributed by atoms with E-state index < -0.39 is 0 Å². The predicted molar refractivity (Wildman–Crippen MR) is 126 cm³/mol. The minimum absolute atomic E-state index is 0.252. The highest BCUT2D eigenvalue weighted by Crippen LogP contribution is 2.34. The van der Waals surface area contributed by atoms with Crippen LogP contribution < -0.4 is 14.9 Å². The van der Waals surface area contributed by atoms with E-state index >= 15 is 0 Å². The zero-order valence-electron chi connectivity index (χ0n) is 15.1. The number of halogens is 3. The van der Waals surface area contributed by atoms with Gasteiger partial charge in [-0.2, -0.15) is 5.10 Å². The van der Waals surface area contributed by atoms with Crippen LogP contribution in [0.2, 0.25) is 10.0 Å². The fourth-order valence-electron chi connectivity index (χ4n) is 2.37. The number of methoxy groups -OCH3 is 1. The summed E-state index contributed by atoms with van der Waals surface area (Å²) in [5.74, 6) is 0.893. The van der Waals surface area contributed by atoms with Crippen molar-refractivity contribution >= 4 is 69.3 Å². The van der Waals surface area contributed by atoms with Crippen LogP contribution in [0.3, 0.4) is 0 Å². The number of carbonyl (C=O) groups is 1. The summed E-state index contributed by atoms with van der Waals surface area (Å²) in [5.41, 5.74) is 4.08. The lowest BCUT2D eigenvalue weighted by Gasteiger charge is -2.14. The summed E-state index contributed by atoms with van der Waals surface area (Å²) >= 11 is 15.6. The molecule has 1 heterocycles. The van der Waals surface area contributed by atoms with E-state index in [1.54, 1.807) is 37.6 Å². The van der Waals surface area contributed by atoms with Crippen LogP contribution in [0.1, 0.15) is 20.8 Å². The van der Waals surface area contributed by atoms with Crippen molar-refractivity contribution in [2.24, 2.45) is 5.10 Å². The Bertz CT molecular complexity index is 1040. The average Bonchev–Trinajstić information content (AvgIpc) is 3.23. The normalized spacial score (nSPS) is 10.9. The van der Waals surface area contributed by atoms with Crippen LogP contribution in [0.4, 0.5) is 0 Å². The molecule has 150 valence electrons. The Labute approximate surface area is 195 Å². The number of nitrogens with one attached hydrogen (secondary N) is 1. The first kappa shape index (κ1) is 21.9. The van der Waals surface area contributed by atoms with Crippen molar-refractivity contribution in [3.8, 4) is 11.5 Å². The van der Waals surface area contributed by atoms with E-state index in [1.165, 1.54) is 11.3 Å². The van der Waals surface area contributed by atoms with Gasteiger partial charge in [0.2, 0.25) is 0 Å². The number of hydrazone groups is 1. The summed E-state index contributed by atoms with van der Waals surface area (Å²) in [5, 5.41) is 6.95. The fraction of sp³-hybridized carbons (Fsp3) is 0.100. The average molecular weight is 561 g/mol. The maximum atomic E-state index is 11.9. The van der Waals surface area contributed by atoms with E-state index in [2.05, 4.69) is 33.1 Å². The minimum atomic E-state index is -0.252. The molecule has 0 atom stereocenters. The smallest absolute Gasteiger partial charge is 0.281 e. The predicted octanol–water partition coefficient (Wildman–Crippen LogP) is 6.01. The van der Waals surface area contributed by atoms with Crippen molar-refractivity contribution in [1.29, 1.82) is 0 Å². The molecule has 3 aromatic rings. The van der Waals surface area contributed by atoms with Gasteiger partial charge in [-0.25, -0.2) is 5.43 Å². The first-order chi connectivity index (χ1) is 14.0. The van der Waals surface area contributed by atoms with E-state index in [-0.39, 0.29) is 12.5 Å². The molecule has 0 saturated carbocycles. The van der Waals surface area contributed by atoms with Gasteiger partial charge in [0, 0.05) is 15.6 Å². The molecule has 0 bridgehead atoms. The van der Waals surface area contributed by atoms with Gasteiger partial charge in [0.15, 0.2) is 11.5 Å². The number of hydrogen-bond acceptors (Lipinski definition) is 5. The van der Waals surface area contributed by atoms with Gasteiger partial charge in [-0.3, -0.25) is 4.79 Å². The van der Waals surface area contributed by atoms with E-state index in [1.807, 2.05) is 23.6 Å². The van der Waals surface area contributed by atoms with Gasteiger partial charge >= 0.3 is 0 Å². The maximum absolute atomic E-state index is 11.9. The zero-order valence-corrected chi connectivity index (χ0v) is 19.6. The van der Waals surface area contributed by atoms with Gasteiger partial charge in [-0.1, -0.05) is 35.3 Å². The molecule has 1 amide bonds. The van der Waals surface area contributed by atoms with Crippen LogP contribution >= 0.6 is 57.1 Å². The summed E-state index contributed by atoms with van der Waals surface area (Å²) in [6.07, 6.45) is 1.55. The molecule has 0 aliphatic carbocycles. The molecule has 0 radical (unpaired) electrons. The molecule has 0 saturated heterocycles. The summed E-state index contributed by atoms with van der Waals surface area (Å²) in [6.45, 7) is 0.271. The third-order valence-electron chi connectivity index (χ3n) is 3.76. The Balaban J connectivity index is 1.71. The number of rotatable bonds is 7. The Morgan fingerprint density at radius 2 is 2.10 bits per heavy atom. The van der Waals surface area contributed by atoms with Crippen molar-refractivity contribution in [2.75, 3.05) is 7.11 Å². The van der Waals surface area contributed by atoms with E-state index in [9.17, 15) is 4.79 Å². The Kier molecular flexibility index (Phi) is 7.77. The Hall–Kier alpha value is -1.81. The minimum Gasteiger partial charge on any atom is -0.493 e. The second-order valence-corrected chi connectivity index (χ2v) is 8.69. The Morgan fingerprint density at radius 1 is 1.28 bits per heavy atom. The van der Waals surface area contributed by atoms with Gasteiger partial charge in [-0.05, 0) is 63.9 Å². The molecule has 0 aliphatic heterocycles. The molecule has 9 heteroatoms. The van der Waals surface area contributed by atoms with Crippen LogP contribution in [-0.4, -0.2) is 19.2 Å². The van der Waals surface area contributed by atoms with Crippen LogP contribution in [-0.2, 0) is 6.61 Å². The van der Waals surface area contributed by atoms with Gasteiger partial charge in [0.05, 0.1) is 21.8 Å². The lowest BCUT2D eigenvalue weighted by molar-refractivity contribution is 0.0959. The van der Waals surface area contributed by atoms with Gasteiger partial charge in [-0.15, -0.1) is 11.3 Å². The molecular weight excluding hydrogens is 546 g/mol.